The second-order valence-electron chi connectivity index (χ2n) is 5.40. The van der Waals surface area contributed by atoms with Gasteiger partial charge in [0.15, 0.2) is 11.5 Å². The van der Waals surface area contributed by atoms with Crippen molar-refractivity contribution >= 4 is 5.91 Å². The van der Waals surface area contributed by atoms with Crippen molar-refractivity contribution in [2.45, 2.75) is 33.9 Å². The number of nitrogens with one attached hydrogen (secondary N) is 1. The fourth-order valence-corrected chi connectivity index (χ4v) is 2.85. The van der Waals surface area contributed by atoms with Crippen LogP contribution >= 0.6 is 0 Å². The smallest absolute Gasteiger partial charge is 0.253 e. The van der Waals surface area contributed by atoms with E-state index in [1.807, 2.05) is 38.1 Å². The van der Waals surface area contributed by atoms with Gasteiger partial charge in [-0.05, 0) is 44.5 Å². The van der Waals surface area contributed by atoms with Crippen molar-refractivity contribution in [2.24, 2.45) is 0 Å². The molecule has 1 aromatic heterocycles. The minimum atomic E-state index is -0.0505. The first kappa shape index (κ1) is 14.5. The zero-order valence-electron chi connectivity index (χ0n) is 13.1. The molecule has 0 saturated carbocycles. The van der Waals surface area contributed by atoms with Crippen molar-refractivity contribution in [3.8, 4) is 11.5 Å². The van der Waals surface area contributed by atoms with E-state index in [0.29, 0.717) is 6.54 Å². The van der Waals surface area contributed by atoms with E-state index in [1.165, 1.54) is 0 Å². The van der Waals surface area contributed by atoms with E-state index in [-0.39, 0.29) is 12.7 Å². The van der Waals surface area contributed by atoms with Gasteiger partial charge in [0, 0.05) is 24.5 Å². The van der Waals surface area contributed by atoms with Crippen LogP contribution in [0, 0.1) is 13.8 Å². The Morgan fingerprint density at radius 1 is 1.23 bits per heavy atom. The highest BCUT2D eigenvalue weighted by atomic mass is 16.7. The van der Waals surface area contributed by atoms with E-state index in [9.17, 15) is 4.79 Å². The van der Waals surface area contributed by atoms with Crippen LogP contribution < -0.4 is 14.8 Å². The molecule has 0 bridgehead atoms. The standard InChI is InChI=1S/C17H20N2O3/c1-4-19-11(2)7-14(12(19)3)17(20)18-9-13-5-6-15-16(8-13)22-10-21-15/h5-8H,4,9-10H2,1-3H3,(H,18,20). The zero-order chi connectivity index (χ0) is 15.7. The Kier molecular flexibility index (Phi) is 3.79. The molecule has 2 heterocycles. The fourth-order valence-electron chi connectivity index (χ4n) is 2.85. The van der Waals surface area contributed by atoms with Crippen molar-refractivity contribution in [3.05, 3.63) is 46.8 Å². The van der Waals surface area contributed by atoms with E-state index >= 15 is 0 Å². The topological polar surface area (TPSA) is 52.5 Å². The Labute approximate surface area is 129 Å². The number of ether oxygens (including phenoxy) is 2. The van der Waals surface area contributed by atoms with Crippen LogP contribution in [-0.2, 0) is 13.1 Å². The van der Waals surface area contributed by atoms with Gasteiger partial charge in [0.25, 0.3) is 5.91 Å². The summed E-state index contributed by atoms with van der Waals surface area (Å²) in [6, 6.07) is 7.64. The summed E-state index contributed by atoms with van der Waals surface area (Å²) in [5.41, 5.74) is 3.83. The van der Waals surface area contributed by atoms with Crippen molar-refractivity contribution < 1.29 is 14.3 Å². The van der Waals surface area contributed by atoms with Gasteiger partial charge in [-0.15, -0.1) is 0 Å². The lowest BCUT2D eigenvalue weighted by molar-refractivity contribution is 0.0950. The van der Waals surface area contributed by atoms with Crippen molar-refractivity contribution in [1.82, 2.24) is 9.88 Å². The van der Waals surface area contributed by atoms with E-state index in [4.69, 9.17) is 9.47 Å². The molecule has 0 aliphatic carbocycles. The predicted octanol–water partition coefficient (Wildman–Crippen LogP) is 2.78. The number of aryl methyl sites for hydroxylation is 1. The molecule has 116 valence electrons. The molecule has 0 radical (unpaired) electrons. The number of fused-ring (bicyclic) bond motifs is 1. The van der Waals surface area contributed by atoms with Crippen LogP contribution in [0.1, 0.15) is 34.2 Å². The molecule has 5 nitrogen and oxygen atoms in total. The zero-order valence-corrected chi connectivity index (χ0v) is 13.1. The van der Waals surface area contributed by atoms with Crippen molar-refractivity contribution in [1.29, 1.82) is 0 Å². The molecule has 1 amide bonds. The highest BCUT2D eigenvalue weighted by Gasteiger charge is 2.16. The maximum Gasteiger partial charge on any atom is 0.253 e. The number of benzene rings is 1. The highest BCUT2D eigenvalue weighted by molar-refractivity contribution is 5.95. The van der Waals surface area contributed by atoms with Gasteiger partial charge in [-0.1, -0.05) is 6.07 Å². The summed E-state index contributed by atoms with van der Waals surface area (Å²) in [6.07, 6.45) is 0. The molecule has 5 heteroatoms. The number of amides is 1. The largest absolute Gasteiger partial charge is 0.454 e. The van der Waals surface area contributed by atoms with Crippen molar-refractivity contribution in [2.75, 3.05) is 6.79 Å². The van der Waals surface area contributed by atoms with Crippen LogP contribution in [0.2, 0.25) is 0 Å². The second kappa shape index (κ2) is 5.75. The number of carbonyl (C=O) groups is 1. The van der Waals surface area contributed by atoms with Gasteiger partial charge in [0.05, 0.1) is 5.56 Å². The Bertz CT molecular complexity index is 719. The van der Waals surface area contributed by atoms with E-state index in [1.54, 1.807) is 0 Å². The summed E-state index contributed by atoms with van der Waals surface area (Å²) >= 11 is 0. The Morgan fingerprint density at radius 3 is 2.73 bits per heavy atom. The fraction of sp³-hybridized carbons (Fsp3) is 0.353. The van der Waals surface area contributed by atoms with Crippen LogP contribution in [-0.4, -0.2) is 17.3 Å². The second-order valence-corrected chi connectivity index (χ2v) is 5.40. The monoisotopic (exact) mass is 300 g/mol. The Morgan fingerprint density at radius 2 is 2.00 bits per heavy atom. The molecule has 2 aromatic rings. The summed E-state index contributed by atoms with van der Waals surface area (Å²) in [5, 5.41) is 2.96. The van der Waals surface area contributed by atoms with Gasteiger partial charge >= 0.3 is 0 Å². The lowest BCUT2D eigenvalue weighted by Gasteiger charge is -2.08. The van der Waals surface area contributed by atoms with Crippen LogP contribution in [0.5, 0.6) is 11.5 Å². The molecule has 0 saturated heterocycles. The van der Waals surface area contributed by atoms with Gasteiger partial charge < -0.3 is 19.4 Å². The quantitative estimate of drug-likeness (QED) is 0.944. The molecule has 0 fully saturated rings. The van der Waals surface area contributed by atoms with Crippen LogP contribution in [0.4, 0.5) is 0 Å². The normalized spacial score (nSPS) is 12.5. The molecule has 1 aliphatic rings. The third kappa shape index (κ3) is 2.54. The summed E-state index contributed by atoms with van der Waals surface area (Å²) in [7, 11) is 0. The average Bonchev–Trinajstić information content (AvgIpc) is 3.08. The SMILES string of the molecule is CCn1c(C)cc(C(=O)NCc2ccc3c(c2)OCO3)c1C. The van der Waals surface area contributed by atoms with Gasteiger partial charge in [0.2, 0.25) is 6.79 Å². The number of hydrogen-bond acceptors (Lipinski definition) is 3. The number of aromatic nitrogens is 1. The first-order valence-electron chi connectivity index (χ1n) is 7.43. The van der Waals surface area contributed by atoms with Crippen molar-refractivity contribution in [3.63, 3.8) is 0 Å². The Hall–Kier alpha value is -2.43. The first-order valence-corrected chi connectivity index (χ1v) is 7.43. The predicted molar refractivity (Wildman–Crippen MR) is 83.3 cm³/mol. The minimum absolute atomic E-state index is 0.0505. The molecule has 3 rings (SSSR count). The molecule has 0 unspecified atom stereocenters. The van der Waals surface area contributed by atoms with Crippen LogP contribution in [0.25, 0.3) is 0 Å². The average molecular weight is 300 g/mol. The van der Waals surface area contributed by atoms with Crippen LogP contribution in [0.3, 0.4) is 0 Å². The Balaban J connectivity index is 1.70. The van der Waals surface area contributed by atoms with E-state index in [0.717, 1.165) is 40.6 Å². The number of rotatable bonds is 4. The van der Waals surface area contributed by atoms with Gasteiger partial charge in [-0.2, -0.15) is 0 Å². The first-order chi connectivity index (χ1) is 10.6. The molecular formula is C17H20N2O3. The van der Waals surface area contributed by atoms with Gasteiger partial charge in [-0.3, -0.25) is 4.79 Å². The summed E-state index contributed by atoms with van der Waals surface area (Å²) in [6.45, 7) is 7.66. The molecule has 1 aromatic carbocycles. The van der Waals surface area contributed by atoms with Crippen LogP contribution in [0.15, 0.2) is 24.3 Å². The third-order valence-electron chi connectivity index (χ3n) is 4.02. The summed E-state index contributed by atoms with van der Waals surface area (Å²) in [4.78, 5) is 12.4. The molecule has 0 spiro atoms. The number of carbonyl (C=O) groups excluding carboxylic acids is 1. The maximum atomic E-state index is 12.4. The molecule has 0 atom stereocenters. The van der Waals surface area contributed by atoms with E-state index in [2.05, 4.69) is 16.8 Å². The molecule has 1 aliphatic heterocycles. The third-order valence-corrected chi connectivity index (χ3v) is 4.02. The maximum absolute atomic E-state index is 12.4. The highest BCUT2D eigenvalue weighted by Crippen LogP contribution is 2.32. The minimum Gasteiger partial charge on any atom is -0.454 e. The lowest BCUT2D eigenvalue weighted by Crippen LogP contribution is -2.23. The summed E-state index contributed by atoms with van der Waals surface area (Å²) in [5.74, 6) is 1.43. The molecule has 1 N–H and O–H groups in total. The summed E-state index contributed by atoms with van der Waals surface area (Å²) < 4.78 is 12.8. The molecular weight excluding hydrogens is 280 g/mol. The number of nitrogens with zero attached hydrogens (tertiary/aromatic N) is 1. The molecule has 22 heavy (non-hydrogen) atoms. The van der Waals surface area contributed by atoms with Gasteiger partial charge in [0.1, 0.15) is 0 Å². The van der Waals surface area contributed by atoms with E-state index < -0.39 is 0 Å². The number of hydrogen-bond donors (Lipinski definition) is 1. The lowest BCUT2D eigenvalue weighted by atomic mass is 10.2. The van der Waals surface area contributed by atoms with Gasteiger partial charge in [-0.25, -0.2) is 0 Å².